The Bertz CT molecular complexity index is 1410. The number of hydrogen-bond donors (Lipinski definition) is 3. The molecule has 3 aromatic carbocycles. The molecule has 1 heterocycles. The summed E-state index contributed by atoms with van der Waals surface area (Å²) < 4.78 is 42.7. The number of amides is 1. The molecule has 0 saturated carbocycles. The van der Waals surface area contributed by atoms with E-state index in [1.165, 1.54) is 12.1 Å². The van der Waals surface area contributed by atoms with Crippen LogP contribution in [-0.4, -0.2) is 70.1 Å². The van der Waals surface area contributed by atoms with Gasteiger partial charge in [-0.25, -0.2) is 18.8 Å². The van der Waals surface area contributed by atoms with E-state index in [1.54, 1.807) is 49.6 Å². The number of carbonyl (C=O) groups excluding carboxylic acids is 1. The van der Waals surface area contributed by atoms with Crippen LogP contribution in [0.3, 0.4) is 0 Å². The van der Waals surface area contributed by atoms with Crippen molar-refractivity contribution >= 4 is 21.6 Å². The lowest BCUT2D eigenvalue weighted by Crippen LogP contribution is -2.52. The van der Waals surface area contributed by atoms with E-state index in [1.807, 2.05) is 24.3 Å². The second-order valence-corrected chi connectivity index (χ2v) is 11.7. The molecule has 0 aromatic heterocycles. The highest BCUT2D eigenvalue weighted by Crippen LogP contribution is 2.28. The fourth-order valence-corrected chi connectivity index (χ4v) is 5.62. The van der Waals surface area contributed by atoms with E-state index in [2.05, 4.69) is 15.8 Å². The number of hydrogen-bond acceptors (Lipinski definition) is 9. The third-order valence-corrected chi connectivity index (χ3v) is 8.38. The Balaban J connectivity index is 1.46. The summed E-state index contributed by atoms with van der Waals surface area (Å²) in [4.78, 5) is 18.3. The lowest BCUT2D eigenvalue weighted by atomic mass is 9.98. The highest BCUT2D eigenvalue weighted by Gasteiger charge is 2.45. The second-order valence-electron chi connectivity index (χ2n) is 9.55. The van der Waals surface area contributed by atoms with Crippen molar-refractivity contribution in [2.45, 2.75) is 29.7 Å². The van der Waals surface area contributed by atoms with Crippen LogP contribution in [0.15, 0.2) is 88.8 Å². The maximum absolute atomic E-state index is 13.5. The number of aliphatic hydroxyl groups excluding tert-OH is 1. The minimum absolute atomic E-state index is 0.0448. The van der Waals surface area contributed by atoms with Crippen LogP contribution in [0.1, 0.15) is 24.0 Å². The van der Waals surface area contributed by atoms with Gasteiger partial charge < -0.3 is 19.3 Å². The molecule has 0 radical (unpaired) electrons. The number of methoxy groups -OCH3 is 1. The molecule has 3 N–H and O–H groups in total. The van der Waals surface area contributed by atoms with Gasteiger partial charge in [-0.2, -0.15) is 0 Å². The molecule has 0 bridgehead atoms. The monoisotopic (exact) mass is 581 g/mol. The Morgan fingerprint density at radius 1 is 1.02 bits per heavy atom. The van der Waals surface area contributed by atoms with Gasteiger partial charge in [0, 0.05) is 25.1 Å². The van der Waals surface area contributed by atoms with Crippen LogP contribution in [0, 0.1) is 0 Å². The number of benzene rings is 3. The van der Waals surface area contributed by atoms with Gasteiger partial charge in [0.2, 0.25) is 5.90 Å². The van der Waals surface area contributed by atoms with Crippen molar-refractivity contribution in [3.8, 4) is 11.5 Å². The van der Waals surface area contributed by atoms with Crippen molar-refractivity contribution in [2.24, 2.45) is 4.99 Å². The molecular formula is C30H35N3O7S. The zero-order valence-corrected chi connectivity index (χ0v) is 23.7. The topological polar surface area (TPSA) is 136 Å². The predicted octanol–water partition coefficient (Wildman–Crippen LogP) is 2.70. The average molecular weight is 582 g/mol. The minimum atomic E-state index is -3.66. The highest BCUT2D eigenvalue weighted by molar-refractivity contribution is 7.91. The number of carbonyl (C=O) groups is 1. The first-order chi connectivity index (χ1) is 19.8. The molecule has 218 valence electrons. The lowest BCUT2D eigenvalue weighted by Gasteiger charge is -2.23. The minimum Gasteiger partial charge on any atom is -0.497 e. The van der Waals surface area contributed by atoms with Crippen LogP contribution < -0.4 is 20.3 Å². The molecule has 41 heavy (non-hydrogen) atoms. The quantitative estimate of drug-likeness (QED) is 0.184. The Labute approximate surface area is 240 Å². The number of aliphatic imine (C=N–C) groups is 1. The van der Waals surface area contributed by atoms with Crippen LogP contribution in [0.5, 0.6) is 11.5 Å². The Morgan fingerprint density at radius 3 is 2.41 bits per heavy atom. The second kappa shape index (κ2) is 14.1. The van der Waals surface area contributed by atoms with Crippen LogP contribution in [0.25, 0.3) is 0 Å². The van der Waals surface area contributed by atoms with Crippen LogP contribution >= 0.6 is 0 Å². The van der Waals surface area contributed by atoms with Gasteiger partial charge in [-0.15, -0.1) is 0 Å². The van der Waals surface area contributed by atoms with Gasteiger partial charge in [-0.3, -0.25) is 10.2 Å². The van der Waals surface area contributed by atoms with Gasteiger partial charge in [-0.05, 0) is 66.9 Å². The van der Waals surface area contributed by atoms with E-state index in [0.717, 1.165) is 11.3 Å². The summed E-state index contributed by atoms with van der Waals surface area (Å²) in [6.45, 7) is 0.778. The summed E-state index contributed by atoms with van der Waals surface area (Å²) in [6, 6.07) is 22.8. The number of aliphatic hydroxyl groups is 1. The van der Waals surface area contributed by atoms with Crippen molar-refractivity contribution in [2.75, 3.05) is 39.2 Å². The van der Waals surface area contributed by atoms with Crippen molar-refractivity contribution < 1.29 is 32.5 Å². The summed E-state index contributed by atoms with van der Waals surface area (Å²) >= 11 is 0. The normalized spacial score (nSPS) is 16.5. The predicted molar refractivity (Wildman–Crippen MR) is 155 cm³/mol. The zero-order chi connectivity index (χ0) is 29.1. The van der Waals surface area contributed by atoms with Gasteiger partial charge in [-0.1, -0.05) is 30.3 Å². The first kappa shape index (κ1) is 30.0. The van der Waals surface area contributed by atoms with E-state index in [4.69, 9.17) is 19.3 Å². The molecule has 0 saturated heterocycles. The third-order valence-electron chi connectivity index (χ3n) is 6.64. The maximum Gasteiger partial charge on any atom is 0.265 e. The van der Waals surface area contributed by atoms with E-state index in [0.29, 0.717) is 37.3 Å². The molecule has 1 aliphatic heterocycles. The first-order valence-electron chi connectivity index (χ1n) is 13.4. The number of nitrogens with zero attached hydrogens (tertiary/aromatic N) is 1. The van der Waals surface area contributed by atoms with E-state index >= 15 is 0 Å². The van der Waals surface area contributed by atoms with Gasteiger partial charge in [0.15, 0.2) is 15.4 Å². The molecule has 1 amide bonds. The van der Waals surface area contributed by atoms with E-state index in [9.17, 15) is 13.2 Å². The summed E-state index contributed by atoms with van der Waals surface area (Å²) in [5, 5.41) is 8.93. The molecule has 4 rings (SSSR count). The van der Waals surface area contributed by atoms with Crippen molar-refractivity contribution in [3.05, 3.63) is 90.0 Å². The lowest BCUT2D eigenvalue weighted by molar-refractivity contribution is -0.127. The van der Waals surface area contributed by atoms with E-state index < -0.39 is 21.3 Å². The van der Waals surface area contributed by atoms with Gasteiger partial charge in [0.1, 0.15) is 18.1 Å². The molecule has 0 fully saturated rings. The smallest absolute Gasteiger partial charge is 0.265 e. The molecule has 1 aliphatic rings. The molecule has 1 atom stereocenters. The molecule has 11 heteroatoms. The van der Waals surface area contributed by atoms with Crippen LogP contribution in [0.4, 0.5) is 0 Å². The highest BCUT2D eigenvalue weighted by atomic mass is 32.2. The van der Waals surface area contributed by atoms with Crippen LogP contribution in [0.2, 0.25) is 0 Å². The fraction of sp³-hybridized carbons (Fsp3) is 0.333. The van der Waals surface area contributed by atoms with Gasteiger partial charge >= 0.3 is 0 Å². The van der Waals surface area contributed by atoms with Crippen LogP contribution in [-0.2, 0) is 25.8 Å². The summed E-state index contributed by atoms with van der Waals surface area (Å²) in [6.07, 6.45) is 1.11. The maximum atomic E-state index is 13.5. The SMILES string of the molecule is COc1ccc(CCNNC(=O)[C@]2(CCS(=O)(=O)c3ccccc3)COC(c3ccc(OCCCO)cc3)=N2)cc1. The summed E-state index contributed by atoms with van der Waals surface area (Å²) in [7, 11) is -2.05. The van der Waals surface area contributed by atoms with E-state index in [-0.39, 0.29) is 36.2 Å². The molecule has 0 aliphatic carbocycles. The molecular weight excluding hydrogens is 546 g/mol. The first-order valence-corrected chi connectivity index (χ1v) is 15.0. The number of sulfone groups is 1. The van der Waals surface area contributed by atoms with Crippen molar-refractivity contribution in [1.29, 1.82) is 0 Å². The largest absolute Gasteiger partial charge is 0.497 e. The Kier molecular flexibility index (Phi) is 10.3. The van der Waals surface area contributed by atoms with Gasteiger partial charge in [0.25, 0.3) is 5.91 Å². The number of nitrogens with one attached hydrogen (secondary N) is 2. The third kappa shape index (κ3) is 8.06. The molecule has 0 spiro atoms. The van der Waals surface area contributed by atoms with Crippen molar-refractivity contribution in [3.63, 3.8) is 0 Å². The number of rotatable bonds is 15. The average Bonchev–Trinajstić information content (AvgIpc) is 3.45. The Morgan fingerprint density at radius 2 is 1.73 bits per heavy atom. The molecule has 0 unspecified atom stereocenters. The summed E-state index contributed by atoms with van der Waals surface area (Å²) in [5.41, 5.74) is 5.90. The Hall–Kier alpha value is -3.93. The molecule has 10 nitrogen and oxygen atoms in total. The number of hydrazine groups is 1. The number of ether oxygens (including phenoxy) is 3. The molecule has 3 aromatic rings. The summed E-state index contributed by atoms with van der Waals surface area (Å²) in [5.74, 6) is 0.876. The fourth-order valence-electron chi connectivity index (χ4n) is 4.21. The zero-order valence-electron chi connectivity index (χ0n) is 22.9. The van der Waals surface area contributed by atoms with Crippen molar-refractivity contribution in [1.82, 2.24) is 10.9 Å². The van der Waals surface area contributed by atoms with Gasteiger partial charge in [0.05, 0.1) is 24.4 Å². The standard InChI is InChI=1S/C30H35N3O7S/c1-38-25-12-8-23(9-13-25)16-18-31-33-29(35)30(17-21-41(36,37)27-6-3-2-4-7-27)22-40-28(32-30)24-10-14-26(15-11-24)39-20-5-19-34/h2-4,6-15,31,34H,5,16-22H2,1H3,(H,33,35)/t30-/m0/s1.